The van der Waals surface area contributed by atoms with E-state index in [1.54, 1.807) is 32.4 Å². The maximum Gasteiger partial charge on any atom is 0.251 e. The van der Waals surface area contributed by atoms with Gasteiger partial charge in [-0.3, -0.25) is 4.79 Å². The molecule has 0 radical (unpaired) electrons. The predicted molar refractivity (Wildman–Crippen MR) is 79.7 cm³/mol. The number of nitrogens with zero attached hydrogens (tertiary/aromatic N) is 1. The molecule has 1 N–H and O–H groups in total. The largest absolute Gasteiger partial charge is 0.493 e. The number of rotatable bonds is 8. The van der Waals surface area contributed by atoms with Crippen LogP contribution in [-0.4, -0.2) is 51.2 Å². The van der Waals surface area contributed by atoms with Crippen LogP contribution >= 0.6 is 0 Å². The molecule has 112 valence electrons. The second kappa shape index (κ2) is 8.43. The summed E-state index contributed by atoms with van der Waals surface area (Å²) >= 11 is 0. The lowest BCUT2D eigenvalue weighted by Crippen LogP contribution is -2.34. The van der Waals surface area contributed by atoms with Crippen molar-refractivity contribution in [2.45, 2.75) is 13.8 Å². The van der Waals surface area contributed by atoms with Crippen molar-refractivity contribution in [3.63, 3.8) is 0 Å². The molecule has 0 aromatic heterocycles. The highest BCUT2D eigenvalue weighted by Crippen LogP contribution is 2.27. The van der Waals surface area contributed by atoms with Gasteiger partial charge in [-0.1, -0.05) is 13.8 Å². The van der Waals surface area contributed by atoms with E-state index in [1.165, 1.54) is 0 Å². The fourth-order valence-electron chi connectivity index (χ4n) is 1.95. The third-order valence-electron chi connectivity index (χ3n) is 3.25. The quantitative estimate of drug-likeness (QED) is 0.788. The number of hydrogen-bond acceptors (Lipinski definition) is 4. The van der Waals surface area contributed by atoms with Crippen molar-refractivity contribution in [2.24, 2.45) is 0 Å². The van der Waals surface area contributed by atoms with Gasteiger partial charge in [0.25, 0.3) is 5.91 Å². The van der Waals surface area contributed by atoms with Gasteiger partial charge < -0.3 is 19.7 Å². The predicted octanol–water partition coefficient (Wildman–Crippen LogP) is 1.78. The number of benzene rings is 1. The number of methoxy groups -OCH3 is 2. The number of hydrogen-bond donors (Lipinski definition) is 1. The Balaban J connectivity index is 2.59. The number of carbonyl (C=O) groups is 1. The number of ether oxygens (including phenoxy) is 2. The fraction of sp³-hybridized carbons (Fsp3) is 0.533. The van der Waals surface area contributed by atoms with Gasteiger partial charge in [0.05, 0.1) is 14.2 Å². The van der Waals surface area contributed by atoms with E-state index < -0.39 is 0 Å². The number of nitrogens with one attached hydrogen (secondary N) is 1. The van der Waals surface area contributed by atoms with E-state index in [2.05, 4.69) is 24.1 Å². The van der Waals surface area contributed by atoms with Crippen LogP contribution in [0.5, 0.6) is 11.5 Å². The first-order chi connectivity index (χ1) is 9.65. The molecule has 1 aromatic carbocycles. The zero-order valence-corrected chi connectivity index (χ0v) is 12.7. The summed E-state index contributed by atoms with van der Waals surface area (Å²) in [6.07, 6.45) is 0. The molecule has 0 aliphatic carbocycles. The molecule has 0 saturated carbocycles. The van der Waals surface area contributed by atoms with E-state index in [9.17, 15) is 4.79 Å². The van der Waals surface area contributed by atoms with Crippen molar-refractivity contribution in [2.75, 3.05) is 40.4 Å². The van der Waals surface area contributed by atoms with Gasteiger partial charge in [-0.25, -0.2) is 0 Å². The van der Waals surface area contributed by atoms with Crippen molar-refractivity contribution in [1.29, 1.82) is 0 Å². The van der Waals surface area contributed by atoms with E-state index in [4.69, 9.17) is 9.47 Å². The van der Waals surface area contributed by atoms with Gasteiger partial charge in [0.1, 0.15) is 0 Å². The molecule has 0 unspecified atom stereocenters. The van der Waals surface area contributed by atoms with Gasteiger partial charge >= 0.3 is 0 Å². The minimum atomic E-state index is -0.0990. The van der Waals surface area contributed by atoms with E-state index in [-0.39, 0.29) is 5.91 Å². The second-order valence-corrected chi connectivity index (χ2v) is 4.35. The molecule has 1 aromatic rings. The molecule has 0 saturated heterocycles. The molecule has 1 amide bonds. The summed E-state index contributed by atoms with van der Waals surface area (Å²) in [6, 6.07) is 5.15. The standard InChI is InChI=1S/C15H24N2O3/c1-5-17(6-2)10-9-16-15(18)12-7-8-13(19-3)14(11-12)20-4/h7-8,11H,5-6,9-10H2,1-4H3,(H,16,18). The maximum absolute atomic E-state index is 12.0. The first-order valence-corrected chi connectivity index (χ1v) is 6.88. The maximum atomic E-state index is 12.0. The molecule has 0 bridgehead atoms. The van der Waals surface area contributed by atoms with Gasteiger partial charge in [0, 0.05) is 18.7 Å². The summed E-state index contributed by atoms with van der Waals surface area (Å²) in [6.45, 7) is 7.69. The summed E-state index contributed by atoms with van der Waals surface area (Å²) in [5, 5.41) is 2.91. The van der Waals surface area contributed by atoms with Crippen LogP contribution < -0.4 is 14.8 Å². The zero-order valence-electron chi connectivity index (χ0n) is 12.7. The summed E-state index contributed by atoms with van der Waals surface area (Å²) < 4.78 is 10.3. The number of carbonyl (C=O) groups excluding carboxylic acids is 1. The van der Waals surface area contributed by atoms with Crippen molar-refractivity contribution < 1.29 is 14.3 Å². The molecule has 20 heavy (non-hydrogen) atoms. The Bertz CT molecular complexity index is 431. The number of likely N-dealkylation sites (N-methyl/N-ethyl adjacent to an activating group) is 1. The minimum Gasteiger partial charge on any atom is -0.493 e. The Labute approximate surface area is 120 Å². The van der Waals surface area contributed by atoms with Crippen LogP contribution in [0.15, 0.2) is 18.2 Å². The summed E-state index contributed by atoms with van der Waals surface area (Å²) in [7, 11) is 3.13. The van der Waals surface area contributed by atoms with Gasteiger partial charge in [0.15, 0.2) is 11.5 Å². The monoisotopic (exact) mass is 280 g/mol. The fourth-order valence-corrected chi connectivity index (χ4v) is 1.95. The van der Waals surface area contributed by atoms with Crippen molar-refractivity contribution in [3.8, 4) is 11.5 Å². The molecule has 0 aliphatic rings. The molecule has 5 heteroatoms. The zero-order chi connectivity index (χ0) is 15.0. The van der Waals surface area contributed by atoms with Crippen LogP contribution in [-0.2, 0) is 0 Å². The summed E-state index contributed by atoms with van der Waals surface area (Å²) in [4.78, 5) is 14.3. The number of amides is 1. The van der Waals surface area contributed by atoms with Gasteiger partial charge in [-0.05, 0) is 31.3 Å². The highest BCUT2D eigenvalue weighted by molar-refractivity contribution is 5.94. The average Bonchev–Trinajstić information content (AvgIpc) is 2.50. The Morgan fingerprint density at radius 1 is 1.15 bits per heavy atom. The second-order valence-electron chi connectivity index (χ2n) is 4.35. The van der Waals surface area contributed by atoms with Crippen LogP contribution in [0.2, 0.25) is 0 Å². The third kappa shape index (κ3) is 4.42. The van der Waals surface area contributed by atoms with Gasteiger partial charge in [-0.2, -0.15) is 0 Å². The molecule has 0 atom stereocenters. The normalized spacial score (nSPS) is 10.4. The SMILES string of the molecule is CCN(CC)CCNC(=O)c1ccc(OC)c(OC)c1. The molecule has 1 rings (SSSR count). The van der Waals surface area contributed by atoms with E-state index in [1.807, 2.05) is 0 Å². The topological polar surface area (TPSA) is 50.8 Å². The van der Waals surface area contributed by atoms with Crippen molar-refractivity contribution in [3.05, 3.63) is 23.8 Å². The van der Waals surface area contributed by atoms with Gasteiger partial charge in [0.2, 0.25) is 0 Å². The van der Waals surface area contributed by atoms with E-state index in [0.717, 1.165) is 19.6 Å². The average molecular weight is 280 g/mol. The Kier molecular flexibility index (Phi) is 6.87. The van der Waals surface area contributed by atoms with Crippen LogP contribution in [0.25, 0.3) is 0 Å². The highest BCUT2D eigenvalue weighted by Gasteiger charge is 2.10. The lowest BCUT2D eigenvalue weighted by Gasteiger charge is -2.18. The molecule has 0 spiro atoms. The summed E-state index contributed by atoms with van der Waals surface area (Å²) in [5.41, 5.74) is 0.571. The molecule has 0 aliphatic heterocycles. The summed E-state index contributed by atoms with van der Waals surface area (Å²) in [5.74, 6) is 1.08. The first-order valence-electron chi connectivity index (χ1n) is 6.88. The Morgan fingerprint density at radius 2 is 1.80 bits per heavy atom. The molecule has 0 fully saturated rings. The lowest BCUT2D eigenvalue weighted by molar-refractivity contribution is 0.0948. The van der Waals surface area contributed by atoms with Gasteiger partial charge in [-0.15, -0.1) is 0 Å². The molecular weight excluding hydrogens is 256 g/mol. The molecule has 5 nitrogen and oxygen atoms in total. The third-order valence-corrected chi connectivity index (χ3v) is 3.25. The smallest absolute Gasteiger partial charge is 0.251 e. The van der Waals surface area contributed by atoms with Crippen LogP contribution in [0.4, 0.5) is 0 Å². The first kappa shape index (κ1) is 16.3. The van der Waals surface area contributed by atoms with Crippen molar-refractivity contribution >= 4 is 5.91 Å². The lowest BCUT2D eigenvalue weighted by atomic mass is 10.2. The minimum absolute atomic E-state index is 0.0990. The molecule has 0 heterocycles. The highest BCUT2D eigenvalue weighted by atomic mass is 16.5. The van der Waals surface area contributed by atoms with Crippen LogP contribution in [0.3, 0.4) is 0 Å². The van der Waals surface area contributed by atoms with Crippen molar-refractivity contribution in [1.82, 2.24) is 10.2 Å². The molecular formula is C15H24N2O3. The van der Waals surface area contributed by atoms with E-state index in [0.29, 0.717) is 23.6 Å². The van der Waals surface area contributed by atoms with E-state index >= 15 is 0 Å². The Hall–Kier alpha value is -1.75. The van der Waals surface area contributed by atoms with Crippen LogP contribution in [0, 0.1) is 0 Å². The Morgan fingerprint density at radius 3 is 2.35 bits per heavy atom. The van der Waals surface area contributed by atoms with Crippen LogP contribution in [0.1, 0.15) is 24.2 Å².